The maximum atomic E-state index is 13.5. The summed E-state index contributed by atoms with van der Waals surface area (Å²) >= 11 is 0. The average Bonchev–Trinajstić information content (AvgIpc) is 3.43. The number of carbonyl (C=O) groups excluding carboxylic acids is 1. The number of aromatic nitrogens is 2. The van der Waals surface area contributed by atoms with Crippen LogP contribution in [0.1, 0.15) is 19.3 Å². The summed E-state index contributed by atoms with van der Waals surface area (Å²) in [5.74, 6) is 0.994. The van der Waals surface area contributed by atoms with E-state index < -0.39 is 21.5 Å². The Morgan fingerprint density at radius 2 is 1.79 bits per heavy atom. The second-order valence-electron chi connectivity index (χ2n) is 9.36. The zero-order valence-corrected chi connectivity index (χ0v) is 22.8. The van der Waals surface area contributed by atoms with Gasteiger partial charge >= 0.3 is 0 Å². The summed E-state index contributed by atoms with van der Waals surface area (Å²) in [7, 11) is 1.78. The number of hydrogen-bond acceptors (Lipinski definition) is 7. The molecule has 1 amide bonds. The fourth-order valence-electron chi connectivity index (χ4n) is 4.62. The number of ether oxygens (including phenoxy) is 3. The number of nitrogens with two attached hydrogens (primary N) is 1. The molecule has 38 heavy (non-hydrogen) atoms. The van der Waals surface area contributed by atoms with Crippen LogP contribution in [-0.4, -0.2) is 76.6 Å². The molecule has 0 bridgehead atoms. The van der Waals surface area contributed by atoms with E-state index in [1.54, 1.807) is 38.5 Å². The van der Waals surface area contributed by atoms with Crippen molar-refractivity contribution in [2.75, 3.05) is 47.1 Å². The second-order valence-corrected chi connectivity index (χ2v) is 11.1. The molecule has 0 radical (unpaired) electrons. The Bertz CT molecular complexity index is 1220. The smallest absolute Gasteiger partial charge is 0.236 e. The van der Waals surface area contributed by atoms with E-state index in [1.165, 1.54) is 0 Å². The maximum Gasteiger partial charge on any atom is 0.236 e. The summed E-state index contributed by atoms with van der Waals surface area (Å²) in [6, 6.07) is 15.0. The molecule has 1 aromatic heterocycles. The van der Waals surface area contributed by atoms with Crippen molar-refractivity contribution in [2.45, 2.75) is 35.4 Å². The van der Waals surface area contributed by atoms with Gasteiger partial charge in [0.1, 0.15) is 16.2 Å². The van der Waals surface area contributed by atoms with Crippen LogP contribution in [-0.2, 0) is 26.9 Å². The second kappa shape index (κ2) is 13.0. The first-order valence-corrected chi connectivity index (χ1v) is 13.9. The molecule has 1 fully saturated rings. The molecule has 10 heteroatoms. The summed E-state index contributed by atoms with van der Waals surface area (Å²) in [5.41, 5.74) is 7.86. The Morgan fingerprint density at radius 3 is 2.47 bits per heavy atom. The number of amides is 1. The zero-order chi connectivity index (χ0) is 27.0. The first-order valence-electron chi connectivity index (χ1n) is 12.8. The molecule has 1 atom stereocenters. The highest BCUT2D eigenvalue weighted by atomic mass is 32.2. The van der Waals surface area contributed by atoms with E-state index in [4.69, 9.17) is 19.9 Å². The van der Waals surface area contributed by atoms with Crippen molar-refractivity contribution in [3.63, 3.8) is 0 Å². The minimum Gasteiger partial charge on any atom is -0.497 e. The van der Waals surface area contributed by atoms with Crippen molar-refractivity contribution in [2.24, 2.45) is 5.73 Å². The van der Waals surface area contributed by atoms with E-state index in [9.17, 15) is 9.00 Å². The van der Waals surface area contributed by atoms with Crippen molar-refractivity contribution < 1.29 is 23.2 Å². The fourth-order valence-corrected chi connectivity index (χ4v) is 6.19. The Kier molecular flexibility index (Phi) is 9.54. The molecule has 2 heterocycles. The largest absolute Gasteiger partial charge is 0.497 e. The van der Waals surface area contributed by atoms with Crippen molar-refractivity contribution in [1.29, 1.82) is 0 Å². The van der Waals surface area contributed by atoms with Gasteiger partial charge in [0.25, 0.3) is 0 Å². The molecule has 3 aromatic rings. The number of primary amides is 1. The third-order valence-corrected chi connectivity index (χ3v) is 8.97. The number of carbonyl (C=O) groups is 1. The third kappa shape index (κ3) is 6.61. The Labute approximate surface area is 226 Å². The number of piperidine rings is 1. The molecular formula is C28H36N4O5S. The zero-order valence-electron chi connectivity index (χ0n) is 22.0. The molecule has 0 spiro atoms. The van der Waals surface area contributed by atoms with Gasteiger partial charge in [0.05, 0.1) is 37.3 Å². The van der Waals surface area contributed by atoms with E-state index in [1.807, 2.05) is 41.3 Å². The first-order chi connectivity index (χ1) is 18.4. The number of rotatable bonds is 13. The van der Waals surface area contributed by atoms with Crippen LogP contribution in [0.3, 0.4) is 0 Å². The van der Waals surface area contributed by atoms with Crippen LogP contribution in [0.4, 0.5) is 0 Å². The van der Waals surface area contributed by atoms with Gasteiger partial charge in [-0.1, -0.05) is 12.1 Å². The van der Waals surface area contributed by atoms with Crippen LogP contribution in [0.2, 0.25) is 0 Å². The van der Waals surface area contributed by atoms with Crippen LogP contribution >= 0.6 is 0 Å². The Hall–Kier alpha value is -3.21. The predicted molar refractivity (Wildman–Crippen MR) is 147 cm³/mol. The molecule has 4 rings (SSSR count). The highest BCUT2D eigenvalue weighted by molar-refractivity contribution is 7.87. The highest BCUT2D eigenvalue weighted by Crippen LogP contribution is 2.33. The van der Waals surface area contributed by atoms with E-state index in [2.05, 4.69) is 10.00 Å². The SMILES string of the molecule is COCCN1CCC(C(N)=O)(S(=O)c2ccc(OCCCn3cc(-c4cccc(OC)c4)cn3)cc2)CC1. The van der Waals surface area contributed by atoms with Crippen LogP contribution in [0.5, 0.6) is 11.5 Å². The quantitative estimate of drug-likeness (QED) is 0.332. The number of likely N-dealkylation sites (tertiary alicyclic amines) is 1. The van der Waals surface area contributed by atoms with Gasteiger partial charge < -0.3 is 24.8 Å². The van der Waals surface area contributed by atoms with Crippen LogP contribution in [0.25, 0.3) is 11.1 Å². The lowest BCUT2D eigenvalue weighted by Crippen LogP contribution is -2.55. The molecule has 204 valence electrons. The Morgan fingerprint density at radius 1 is 1.03 bits per heavy atom. The van der Waals surface area contributed by atoms with Gasteiger partial charge in [-0.25, -0.2) is 0 Å². The lowest BCUT2D eigenvalue weighted by molar-refractivity contribution is -0.121. The molecule has 1 aliphatic heterocycles. The molecule has 2 aromatic carbocycles. The molecule has 0 aliphatic carbocycles. The number of methoxy groups -OCH3 is 2. The predicted octanol–water partition coefficient (Wildman–Crippen LogP) is 3.10. The molecule has 1 unspecified atom stereocenters. The monoisotopic (exact) mass is 540 g/mol. The highest BCUT2D eigenvalue weighted by Gasteiger charge is 2.46. The minimum absolute atomic E-state index is 0.462. The van der Waals surface area contributed by atoms with Gasteiger partial charge in [-0.05, 0) is 54.8 Å². The number of hydrogen-bond donors (Lipinski definition) is 1. The fraction of sp³-hybridized carbons (Fsp3) is 0.429. The number of benzene rings is 2. The van der Waals surface area contributed by atoms with Gasteiger partial charge in [-0.3, -0.25) is 13.7 Å². The standard InChI is InChI=1S/C28H36N4O5S/c1-35-18-16-31-14-11-28(12-15-31,27(29)33)38(34)26-9-7-24(8-10-26)37-17-4-13-32-21-23(20-30-32)22-5-3-6-25(19-22)36-2/h3,5-10,19-21H,4,11-18H2,1-2H3,(H2,29,33). The maximum absolute atomic E-state index is 13.5. The first kappa shape index (κ1) is 27.8. The topological polar surface area (TPSA) is 109 Å². The lowest BCUT2D eigenvalue weighted by atomic mass is 9.95. The van der Waals surface area contributed by atoms with Crippen molar-refractivity contribution >= 4 is 16.7 Å². The van der Waals surface area contributed by atoms with Gasteiger partial charge in [0.2, 0.25) is 5.91 Å². The van der Waals surface area contributed by atoms with Crippen LogP contribution in [0, 0.1) is 0 Å². The van der Waals surface area contributed by atoms with Crippen LogP contribution in [0.15, 0.2) is 65.8 Å². The number of nitrogens with zero attached hydrogens (tertiary/aromatic N) is 3. The third-order valence-electron chi connectivity index (χ3n) is 6.95. The van der Waals surface area contributed by atoms with Crippen molar-refractivity contribution in [3.05, 3.63) is 60.9 Å². The van der Waals surface area contributed by atoms with E-state index in [-0.39, 0.29) is 0 Å². The summed E-state index contributed by atoms with van der Waals surface area (Å²) in [6.45, 7) is 3.97. The van der Waals surface area contributed by atoms with E-state index in [0.717, 1.165) is 29.8 Å². The summed E-state index contributed by atoms with van der Waals surface area (Å²) in [5, 5.41) is 4.45. The minimum atomic E-state index is -1.54. The van der Waals surface area contributed by atoms with Crippen LogP contribution < -0.4 is 15.2 Å². The molecule has 9 nitrogen and oxygen atoms in total. The number of aryl methyl sites for hydroxylation is 1. The normalized spacial score (nSPS) is 16.2. The van der Waals surface area contributed by atoms with Gasteiger partial charge in [-0.15, -0.1) is 0 Å². The average molecular weight is 541 g/mol. The van der Waals surface area contributed by atoms with Gasteiger partial charge in [-0.2, -0.15) is 5.10 Å². The van der Waals surface area contributed by atoms with Crippen molar-refractivity contribution in [1.82, 2.24) is 14.7 Å². The van der Waals surface area contributed by atoms with E-state index in [0.29, 0.717) is 56.3 Å². The van der Waals surface area contributed by atoms with E-state index >= 15 is 0 Å². The molecule has 1 saturated heterocycles. The lowest BCUT2D eigenvalue weighted by Gasteiger charge is -2.38. The molecule has 2 N–H and O–H groups in total. The Balaban J connectivity index is 1.27. The van der Waals surface area contributed by atoms with Gasteiger partial charge in [0, 0.05) is 56.4 Å². The summed E-state index contributed by atoms with van der Waals surface area (Å²) in [4.78, 5) is 15.2. The summed E-state index contributed by atoms with van der Waals surface area (Å²) in [6.07, 6.45) is 5.55. The van der Waals surface area contributed by atoms with Gasteiger partial charge in [0.15, 0.2) is 0 Å². The van der Waals surface area contributed by atoms with Crippen molar-refractivity contribution in [3.8, 4) is 22.6 Å². The summed E-state index contributed by atoms with van der Waals surface area (Å²) < 4.78 is 30.6. The molecule has 0 saturated carbocycles. The molecule has 1 aliphatic rings. The molecular weight excluding hydrogens is 504 g/mol.